The number of benzene rings is 1. The van der Waals surface area contributed by atoms with Crippen molar-refractivity contribution in [1.29, 1.82) is 0 Å². The monoisotopic (exact) mass is 312 g/mol. The zero-order valence-corrected chi connectivity index (χ0v) is 14.1. The number of hydrogen-bond acceptors (Lipinski definition) is 4. The molecular formula is C15H20OS3. The first-order valence-corrected chi connectivity index (χ1v) is 8.98. The number of carbonyl (C=O) groups is 1. The smallest absolute Gasteiger partial charge is 0.215 e. The highest BCUT2D eigenvalue weighted by Gasteiger charge is 2.12. The molecule has 1 nitrogen and oxygen atoms in total. The number of rotatable bonds is 6. The predicted molar refractivity (Wildman–Crippen MR) is 92.4 cm³/mol. The lowest BCUT2D eigenvalue weighted by atomic mass is 10.1. The molecular weight excluding hydrogens is 292 g/mol. The van der Waals surface area contributed by atoms with Crippen LogP contribution in [0.5, 0.6) is 0 Å². The zero-order valence-electron chi connectivity index (χ0n) is 11.6. The van der Waals surface area contributed by atoms with Crippen LogP contribution in [0.3, 0.4) is 0 Å². The molecule has 0 aliphatic heterocycles. The van der Waals surface area contributed by atoms with Gasteiger partial charge in [0.1, 0.15) is 0 Å². The van der Waals surface area contributed by atoms with Crippen LogP contribution in [0.1, 0.15) is 25.8 Å². The van der Waals surface area contributed by atoms with E-state index in [0.717, 1.165) is 23.3 Å². The Kier molecular flexibility index (Phi) is 7.73. The average Bonchev–Trinajstić information content (AvgIpc) is 2.45. The molecule has 0 aliphatic carbocycles. The van der Waals surface area contributed by atoms with Crippen molar-refractivity contribution in [2.24, 2.45) is 0 Å². The number of thiol groups is 1. The van der Waals surface area contributed by atoms with Crippen LogP contribution in [0.2, 0.25) is 0 Å². The Balaban J connectivity index is 2.71. The molecule has 0 spiro atoms. The second-order valence-corrected chi connectivity index (χ2v) is 6.74. The van der Waals surface area contributed by atoms with Crippen LogP contribution >= 0.6 is 36.2 Å². The van der Waals surface area contributed by atoms with E-state index in [0.29, 0.717) is 5.25 Å². The number of thioether (sulfide) groups is 2. The van der Waals surface area contributed by atoms with Crippen LogP contribution < -0.4 is 0 Å². The van der Waals surface area contributed by atoms with E-state index in [1.165, 1.54) is 16.7 Å². The van der Waals surface area contributed by atoms with Crippen LogP contribution in [0, 0.1) is 0 Å². The van der Waals surface area contributed by atoms with Gasteiger partial charge < -0.3 is 0 Å². The van der Waals surface area contributed by atoms with Gasteiger partial charge in [0.2, 0.25) is 5.12 Å². The molecule has 0 heterocycles. The highest BCUT2D eigenvalue weighted by atomic mass is 32.2. The molecule has 1 atom stereocenters. The standard InChI is InChI=1S/C15H20OS3/c1-4-13(10-17)19-15(16)11(2)9-12-5-7-14(18-3)8-6-12/h5-9,13,17H,4,10H2,1-3H3/b11-9+. The molecule has 1 aromatic carbocycles. The lowest BCUT2D eigenvalue weighted by molar-refractivity contribution is -0.107. The lowest BCUT2D eigenvalue weighted by Gasteiger charge is -2.10. The first kappa shape index (κ1) is 16.7. The van der Waals surface area contributed by atoms with Crippen molar-refractivity contribution >= 4 is 47.3 Å². The van der Waals surface area contributed by atoms with Crippen molar-refractivity contribution in [3.8, 4) is 0 Å². The van der Waals surface area contributed by atoms with E-state index in [-0.39, 0.29) is 5.12 Å². The minimum absolute atomic E-state index is 0.148. The van der Waals surface area contributed by atoms with Crippen molar-refractivity contribution in [2.75, 3.05) is 12.0 Å². The van der Waals surface area contributed by atoms with E-state index in [1.54, 1.807) is 11.8 Å². The third-order valence-corrected chi connectivity index (χ3v) is 5.55. The Labute approximate surface area is 130 Å². The van der Waals surface area contributed by atoms with Gasteiger partial charge in [0.15, 0.2) is 0 Å². The summed E-state index contributed by atoms with van der Waals surface area (Å²) in [6.07, 6.45) is 4.97. The van der Waals surface area contributed by atoms with Crippen molar-refractivity contribution in [3.63, 3.8) is 0 Å². The second kappa shape index (κ2) is 8.77. The first-order chi connectivity index (χ1) is 9.10. The van der Waals surface area contributed by atoms with Gasteiger partial charge in [-0.2, -0.15) is 12.6 Å². The van der Waals surface area contributed by atoms with E-state index in [4.69, 9.17) is 0 Å². The topological polar surface area (TPSA) is 17.1 Å². The fourth-order valence-corrected chi connectivity index (χ4v) is 3.18. The van der Waals surface area contributed by atoms with E-state index >= 15 is 0 Å². The van der Waals surface area contributed by atoms with Gasteiger partial charge in [-0.1, -0.05) is 30.8 Å². The van der Waals surface area contributed by atoms with Gasteiger partial charge >= 0.3 is 0 Å². The highest BCUT2D eigenvalue weighted by Crippen LogP contribution is 2.22. The third-order valence-electron chi connectivity index (χ3n) is 2.75. The van der Waals surface area contributed by atoms with Gasteiger partial charge in [-0.25, -0.2) is 0 Å². The fraction of sp³-hybridized carbons (Fsp3) is 0.400. The van der Waals surface area contributed by atoms with Gasteiger partial charge in [0.05, 0.1) is 0 Å². The normalized spacial score (nSPS) is 13.4. The summed E-state index contributed by atoms with van der Waals surface area (Å²) in [5.74, 6) is 0.739. The van der Waals surface area contributed by atoms with Gasteiger partial charge in [0.25, 0.3) is 0 Å². The number of hydrogen-bond donors (Lipinski definition) is 1. The maximum absolute atomic E-state index is 12.1. The summed E-state index contributed by atoms with van der Waals surface area (Å²) in [6, 6.07) is 8.24. The summed E-state index contributed by atoms with van der Waals surface area (Å²) in [4.78, 5) is 13.3. The Bertz CT molecular complexity index is 433. The van der Waals surface area contributed by atoms with Gasteiger partial charge in [-0.3, -0.25) is 4.79 Å². The van der Waals surface area contributed by atoms with Gasteiger partial charge in [0, 0.05) is 21.5 Å². The molecule has 1 aromatic rings. The summed E-state index contributed by atoms with van der Waals surface area (Å²) in [6.45, 7) is 3.96. The van der Waals surface area contributed by atoms with Crippen LogP contribution in [0.25, 0.3) is 6.08 Å². The minimum atomic E-state index is 0.148. The van der Waals surface area contributed by atoms with Crippen molar-refractivity contribution in [2.45, 2.75) is 30.4 Å². The lowest BCUT2D eigenvalue weighted by Crippen LogP contribution is -2.07. The summed E-state index contributed by atoms with van der Waals surface area (Å²) >= 11 is 7.37. The predicted octanol–water partition coefficient (Wildman–Crippen LogP) is 4.78. The molecule has 0 bridgehead atoms. The molecule has 0 N–H and O–H groups in total. The molecule has 19 heavy (non-hydrogen) atoms. The van der Waals surface area contributed by atoms with Crippen molar-refractivity contribution in [1.82, 2.24) is 0 Å². The fourth-order valence-electron chi connectivity index (χ4n) is 1.50. The molecule has 1 rings (SSSR count). The zero-order chi connectivity index (χ0) is 14.3. The molecule has 0 amide bonds. The molecule has 0 saturated heterocycles. The van der Waals surface area contributed by atoms with Crippen LogP contribution in [-0.4, -0.2) is 22.4 Å². The maximum Gasteiger partial charge on any atom is 0.215 e. The van der Waals surface area contributed by atoms with Crippen molar-refractivity contribution < 1.29 is 4.79 Å². The van der Waals surface area contributed by atoms with Gasteiger partial charge in [-0.15, -0.1) is 11.8 Å². The molecule has 0 aromatic heterocycles. The van der Waals surface area contributed by atoms with Crippen LogP contribution in [-0.2, 0) is 4.79 Å². The maximum atomic E-state index is 12.1. The molecule has 1 unspecified atom stereocenters. The molecule has 0 aliphatic rings. The molecule has 0 fully saturated rings. The Morgan fingerprint density at radius 2 is 2.00 bits per heavy atom. The quantitative estimate of drug-likeness (QED) is 0.463. The highest BCUT2D eigenvalue weighted by molar-refractivity contribution is 8.15. The van der Waals surface area contributed by atoms with E-state index < -0.39 is 0 Å². The second-order valence-electron chi connectivity index (χ2n) is 4.22. The number of carbonyl (C=O) groups excluding carboxylic acids is 1. The van der Waals surface area contributed by atoms with Crippen molar-refractivity contribution in [3.05, 3.63) is 35.4 Å². The SMILES string of the molecule is CCC(CS)SC(=O)/C(C)=C/c1ccc(SC)cc1. The summed E-state index contributed by atoms with van der Waals surface area (Å²) in [5, 5.41) is 0.452. The minimum Gasteiger partial charge on any atom is -0.282 e. The Morgan fingerprint density at radius 3 is 2.47 bits per heavy atom. The largest absolute Gasteiger partial charge is 0.282 e. The van der Waals surface area contributed by atoms with E-state index in [2.05, 4.69) is 37.9 Å². The van der Waals surface area contributed by atoms with E-state index in [9.17, 15) is 4.79 Å². The Morgan fingerprint density at radius 1 is 1.37 bits per heavy atom. The molecule has 0 radical (unpaired) electrons. The molecule has 4 heteroatoms. The molecule has 0 saturated carbocycles. The third kappa shape index (κ3) is 5.67. The summed E-state index contributed by atoms with van der Waals surface area (Å²) < 4.78 is 0. The summed E-state index contributed by atoms with van der Waals surface area (Å²) in [7, 11) is 0. The average molecular weight is 313 g/mol. The first-order valence-electron chi connectivity index (χ1n) is 6.24. The van der Waals surface area contributed by atoms with Crippen LogP contribution in [0.15, 0.2) is 34.7 Å². The molecule has 104 valence electrons. The van der Waals surface area contributed by atoms with E-state index in [1.807, 2.05) is 25.1 Å². The van der Waals surface area contributed by atoms with Gasteiger partial charge in [-0.05, 0) is 43.4 Å². The Hall–Kier alpha value is -0.320. The summed E-state index contributed by atoms with van der Waals surface area (Å²) in [5.41, 5.74) is 1.87. The van der Waals surface area contributed by atoms with Crippen LogP contribution in [0.4, 0.5) is 0 Å².